The third-order valence-corrected chi connectivity index (χ3v) is 3.34. The van der Waals surface area contributed by atoms with Gasteiger partial charge in [0.1, 0.15) is 0 Å². The molecular weight excluding hydrogens is 288 g/mol. The first-order valence-corrected chi connectivity index (χ1v) is 7.23. The molecule has 3 rings (SSSR count). The summed E-state index contributed by atoms with van der Waals surface area (Å²) in [5.74, 6) is 0.217. The quantitative estimate of drug-likeness (QED) is 0.769. The summed E-state index contributed by atoms with van der Waals surface area (Å²) in [5.41, 5.74) is 3.18. The van der Waals surface area contributed by atoms with Crippen molar-refractivity contribution in [1.29, 1.82) is 0 Å². The zero-order valence-corrected chi connectivity index (χ0v) is 12.7. The molecule has 0 aliphatic rings. The fourth-order valence-corrected chi connectivity index (χ4v) is 2.07. The molecule has 114 valence electrons. The van der Waals surface area contributed by atoms with Crippen molar-refractivity contribution >= 4 is 23.2 Å². The Bertz CT molecular complexity index is 801. The van der Waals surface area contributed by atoms with E-state index >= 15 is 0 Å². The van der Waals surface area contributed by atoms with E-state index in [-0.39, 0.29) is 5.91 Å². The number of rotatable bonds is 4. The highest BCUT2D eigenvalue weighted by Crippen LogP contribution is 2.17. The Morgan fingerprint density at radius 2 is 1.57 bits per heavy atom. The number of nitrogens with zero attached hydrogens (tertiary/aromatic N) is 2. The maximum absolute atomic E-state index is 12.1. The molecule has 0 bridgehead atoms. The van der Waals surface area contributed by atoms with Crippen LogP contribution in [0.4, 0.5) is 17.3 Å². The summed E-state index contributed by atoms with van der Waals surface area (Å²) in [6.45, 7) is 2.00. The predicted molar refractivity (Wildman–Crippen MR) is 90.9 cm³/mol. The van der Waals surface area contributed by atoms with Crippen molar-refractivity contribution in [2.24, 2.45) is 0 Å². The van der Waals surface area contributed by atoms with Crippen LogP contribution in [0, 0.1) is 6.92 Å². The van der Waals surface area contributed by atoms with Crippen LogP contribution in [0.15, 0.2) is 67.0 Å². The summed E-state index contributed by atoms with van der Waals surface area (Å²) in [6.07, 6.45) is 3.01. The first kappa shape index (κ1) is 14.7. The Morgan fingerprint density at radius 1 is 0.913 bits per heavy atom. The van der Waals surface area contributed by atoms with E-state index in [1.807, 2.05) is 61.5 Å². The molecule has 5 nitrogen and oxygen atoms in total. The molecule has 5 heteroatoms. The van der Waals surface area contributed by atoms with Crippen LogP contribution in [0.2, 0.25) is 0 Å². The second-order valence-corrected chi connectivity index (χ2v) is 5.06. The fraction of sp³-hybridized carbons (Fsp3) is 0.0556. The van der Waals surface area contributed by atoms with Crippen molar-refractivity contribution < 1.29 is 4.79 Å². The molecule has 0 fully saturated rings. The third-order valence-electron chi connectivity index (χ3n) is 3.34. The molecule has 1 heterocycles. The molecule has 0 atom stereocenters. The largest absolute Gasteiger partial charge is 0.324 e. The van der Waals surface area contributed by atoms with Gasteiger partial charge in [-0.1, -0.05) is 36.4 Å². The van der Waals surface area contributed by atoms with Gasteiger partial charge < -0.3 is 10.6 Å². The number of nitrogens with one attached hydrogen (secondary N) is 2. The highest BCUT2D eigenvalue weighted by Gasteiger charge is 2.08. The Labute approximate surface area is 134 Å². The summed E-state index contributed by atoms with van der Waals surface area (Å²) >= 11 is 0. The molecule has 23 heavy (non-hydrogen) atoms. The van der Waals surface area contributed by atoms with Crippen LogP contribution in [-0.4, -0.2) is 15.9 Å². The minimum atomic E-state index is -0.237. The highest BCUT2D eigenvalue weighted by molar-refractivity contribution is 6.03. The van der Waals surface area contributed by atoms with Crippen LogP contribution in [-0.2, 0) is 0 Å². The minimum Gasteiger partial charge on any atom is -0.324 e. The molecule has 0 saturated carbocycles. The zero-order valence-electron chi connectivity index (χ0n) is 12.7. The SMILES string of the molecule is Cc1ccccc1Nc1ncc(C(=O)Nc2ccccc2)cn1. The normalized spacial score (nSPS) is 10.1. The van der Waals surface area contributed by atoms with Crippen LogP contribution >= 0.6 is 0 Å². The maximum atomic E-state index is 12.1. The van der Waals surface area contributed by atoms with Crippen molar-refractivity contribution in [2.45, 2.75) is 6.92 Å². The molecule has 0 unspecified atom stereocenters. The van der Waals surface area contributed by atoms with E-state index in [1.54, 1.807) is 0 Å². The molecule has 3 aromatic rings. The summed E-state index contributed by atoms with van der Waals surface area (Å²) in [6, 6.07) is 17.1. The third kappa shape index (κ3) is 3.71. The van der Waals surface area contributed by atoms with E-state index in [2.05, 4.69) is 20.6 Å². The number of para-hydroxylation sites is 2. The first-order chi connectivity index (χ1) is 11.2. The van der Waals surface area contributed by atoms with E-state index in [4.69, 9.17) is 0 Å². The maximum Gasteiger partial charge on any atom is 0.258 e. The molecule has 0 radical (unpaired) electrons. The monoisotopic (exact) mass is 304 g/mol. The molecular formula is C18H16N4O. The molecule has 0 aliphatic heterocycles. The van der Waals surface area contributed by atoms with Gasteiger partial charge in [-0.15, -0.1) is 0 Å². The Kier molecular flexibility index (Phi) is 4.29. The van der Waals surface area contributed by atoms with Gasteiger partial charge in [-0.3, -0.25) is 4.79 Å². The van der Waals surface area contributed by atoms with Crippen molar-refractivity contribution in [1.82, 2.24) is 9.97 Å². The summed E-state index contributed by atoms with van der Waals surface area (Å²) < 4.78 is 0. The Hall–Kier alpha value is -3.21. The summed E-state index contributed by atoms with van der Waals surface area (Å²) in [7, 11) is 0. The van der Waals surface area contributed by atoms with Crippen LogP contribution in [0.5, 0.6) is 0 Å². The van der Waals surface area contributed by atoms with Gasteiger partial charge in [0.25, 0.3) is 5.91 Å². The Balaban J connectivity index is 1.69. The van der Waals surface area contributed by atoms with Crippen molar-refractivity contribution in [3.05, 3.63) is 78.1 Å². The molecule has 2 aromatic carbocycles. The summed E-state index contributed by atoms with van der Waals surface area (Å²) in [4.78, 5) is 20.5. The van der Waals surface area contributed by atoms with Crippen LogP contribution in [0.1, 0.15) is 15.9 Å². The number of aryl methyl sites for hydroxylation is 1. The number of carbonyl (C=O) groups is 1. The second kappa shape index (κ2) is 6.70. The highest BCUT2D eigenvalue weighted by atomic mass is 16.1. The molecule has 0 aliphatic carbocycles. The van der Waals surface area contributed by atoms with Gasteiger partial charge in [-0.25, -0.2) is 9.97 Å². The lowest BCUT2D eigenvalue weighted by Crippen LogP contribution is -2.13. The van der Waals surface area contributed by atoms with E-state index in [9.17, 15) is 4.79 Å². The van der Waals surface area contributed by atoms with Gasteiger partial charge in [-0.2, -0.15) is 0 Å². The van der Waals surface area contributed by atoms with Gasteiger partial charge in [0.15, 0.2) is 0 Å². The number of amides is 1. The molecule has 1 amide bonds. The number of hydrogen-bond acceptors (Lipinski definition) is 4. The van der Waals surface area contributed by atoms with Crippen molar-refractivity contribution in [2.75, 3.05) is 10.6 Å². The predicted octanol–water partition coefficient (Wildman–Crippen LogP) is 3.78. The minimum absolute atomic E-state index is 0.237. The topological polar surface area (TPSA) is 66.9 Å². The summed E-state index contributed by atoms with van der Waals surface area (Å²) in [5, 5.41) is 5.93. The zero-order chi connectivity index (χ0) is 16.1. The van der Waals surface area contributed by atoms with Gasteiger partial charge in [0, 0.05) is 23.8 Å². The fourth-order valence-electron chi connectivity index (χ4n) is 2.07. The lowest BCUT2D eigenvalue weighted by Gasteiger charge is -2.08. The second-order valence-electron chi connectivity index (χ2n) is 5.06. The van der Waals surface area contributed by atoms with Crippen LogP contribution < -0.4 is 10.6 Å². The van der Waals surface area contributed by atoms with Gasteiger partial charge >= 0.3 is 0 Å². The lowest BCUT2D eigenvalue weighted by atomic mass is 10.2. The number of benzene rings is 2. The molecule has 0 spiro atoms. The van der Waals surface area contributed by atoms with E-state index in [0.717, 1.165) is 16.9 Å². The Morgan fingerprint density at radius 3 is 2.26 bits per heavy atom. The van der Waals surface area contributed by atoms with Crippen LogP contribution in [0.3, 0.4) is 0 Å². The molecule has 1 aromatic heterocycles. The molecule has 2 N–H and O–H groups in total. The van der Waals surface area contributed by atoms with Crippen LogP contribution in [0.25, 0.3) is 0 Å². The average Bonchev–Trinajstić information content (AvgIpc) is 2.58. The van der Waals surface area contributed by atoms with Crippen molar-refractivity contribution in [3.63, 3.8) is 0 Å². The van der Waals surface area contributed by atoms with Gasteiger partial charge in [-0.05, 0) is 30.7 Å². The number of carbonyl (C=O) groups excluding carboxylic acids is 1. The number of hydrogen-bond donors (Lipinski definition) is 2. The van der Waals surface area contributed by atoms with Crippen molar-refractivity contribution in [3.8, 4) is 0 Å². The number of anilines is 3. The first-order valence-electron chi connectivity index (χ1n) is 7.23. The standard InChI is InChI=1S/C18H16N4O/c1-13-7-5-6-10-16(13)22-18-19-11-14(12-20-18)17(23)21-15-8-3-2-4-9-15/h2-12H,1H3,(H,21,23)(H,19,20,22). The van der Waals surface area contributed by atoms with E-state index in [0.29, 0.717) is 11.5 Å². The number of aromatic nitrogens is 2. The van der Waals surface area contributed by atoms with E-state index in [1.165, 1.54) is 12.4 Å². The smallest absolute Gasteiger partial charge is 0.258 e. The van der Waals surface area contributed by atoms with E-state index < -0.39 is 0 Å². The lowest BCUT2D eigenvalue weighted by molar-refractivity contribution is 0.102. The molecule has 0 saturated heterocycles. The average molecular weight is 304 g/mol. The van der Waals surface area contributed by atoms with Gasteiger partial charge in [0.05, 0.1) is 5.56 Å². The van der Waals surface area contributed by atoms with Gasteiger partial charge in [0.2, 0.25) is 5.95 Å².